The van der Waals surface area contributed by atoms with E-state index in [9.17, 15) is 9.59 Å². The minimum atomic E-state index is -1.00. The molecule has 2 N–H and O–H groups in total. The third-order valence-corrected chi connectivity index (χ3v) is 3.53. The molecule has 1 amide bonds. The number of carboxylic acids is 1. The molecule has 1 heterocycles. The molecule has 1 aromatic heterocycles. The zero-order valence-corrected chi connectivity index (χ0v) is 14.0. The molecule has 0 aliphatic rings. The number of rotatable bonds is 9. The van der Waals surface area contributed by atoms with Gasteiger partial charge < -0.3 is 20.1 Å². The lowest BCUT2D eigenvalue weighted by molar-refractivity contribution is -0.135. The first kappa shape index (κ1) is 18.3. The summed E-state index contributed by atoms with van der Waals surface area (Å²) in [5.74, 6) is -0.580. The molecule has 132 valence electrons. The van der Waals surface area contributed by atoms with Crippen LogP contribution >= 0.6 is 0 Å². The second-order valence-electron chi connectivity index (χ2n) is 5.37. The van der Waals surface area contributed by atoms with Gasteiger partial charge in [0, 0.05) is 30.5 Å². The maximum absolute atomic E-state index is 12.1. The van der Waals surface area contributed by atoms with Gasteiger partial charge >= 0.3 is 5.97 Å². The second kappa shape index (κ2) is 9.27. The first-order valence-corrected chi connectivity index (χ1v) is 7.86. The number of aliphatic carboxylic acids is 1. The molecule has 0 aliphatic carbocycles. The molecule has 2 rings (SSSR count). The van der Waals surface area contributed by atoms with E-state index >= 15 is 0 Å². The molecular weight excluding hydrogens is 322 g/mol. The highest BCUT2D eigenvalue weighted by molar-refractivity contribution is 5.84. The van der Waals surface area contributed by atoms with Gasteiger partial charge in [-0.25, -0.2) is 0 Å². The minimum Gasteiger partial charge on any atom is -0.497 e. The summed E-state index contributed by atoms with van der Waals surface area (Å²) in [6.45, 7) is 0.139. The van der Waals surface area contributed by atoms with Crippen molar-refractivity contribution < 1.29 is 19.4 Å². The standard InChI is InChI=1S/C18H21N3O4/c1-25-16-7-5-15(6-8-16)21(13-18(23)24)12-17(22)20-11-9-14-4-2-3-10-19-14/h2-8,10H,9,11-13H2,1H3,(H,20,22)(H,23,24). The van der Waals surface area contributed by atoms with Crippen LogP contribution in [0, 0.1) is 0 Å². The molecule has 7 heteroatoms. The zero-order chi connectivity index (χ0) is 18.1. The van der Waals surface area contributed by atoms with Gasteiger partial charge in [-0.3, -0.25) is 14.6 Å². The zero-order valence-electron chi connectivity index (χ0n) is 14.0. The van der Waals surface area contributed by atoms with Crippen molar-refractivity contribution in [2.75, 3.05) is 31.6 Å². The summed E-state index contributed by atoms with van der Waals surface area (Å²) in [6.07, 6.45) is 2.32. The fraction of sp³-hybridized carbons (Fsp3) is 0.278. The SMILES string of the molecule is COc1ccc(N(CC(=O)O)CC(=O)NCCc2ccccn2)cc1. The quantitative estimate of drug-likeness (QED) is 0.714. The summed E-state index contributed by atoms with van der Waals surface area (Å²) in [7, 11) is 1.55. The molecule has 0 aliphatic heterocycles. The number of hydrogen-bond acceptors (Lipinski definition) is 5. The van der Waals surface area contributed by atoms with Crippen molar-refractivity contribution in [3.05, 3.63) is 54.4 Å². The third-order valence-electron chi connectivity index (χ3n) is 3.53. The Labute approximate surface area is 146 Å². The van der Waals surface area contributed by atoms with E-state index in [1.807, 2.05) is 18.2 Å². The number of amides is 1. The lowest BCUT2D eigenvalue weighted by Crippen LogP contribution is -2.40. The molecule has 25 heavy (non-hydrogen) atoms. The van der Waals surface area contributed by atoms with Gasteiger partial charge in [0.05, 0.1) is 13.7 Å². The van der Waals surface area contributed by atoms with E-state index in [0.717, 1.165) is 5.69 Å². The molecule has 0 bridgehead atoms. The summed E-state index contributed by atoms with van der Waals surface area (Å²) in [6, 6.07) is 12.5. The monoisotopic (exact) mass is 343 g/mol. The Hall–Kier alpha value is -3.09. The lowest BCUT2D eigenvalue weighted by atomic mass is 10.2. The van der Waals surface area contributed by atoms with Gasteiger partial charge in [-0.05, 0) is 36.4 Å². The summed E-state index contributed by atoms with van der Waals surface area (Å²) < 4.78 is 5.09. The van der Waals surface area contributed by atoms with Crippen LogP contribution < -0.4 is 15.0 Å². The van der Waals surface area contributed by atoms with Crippen LogP contribution in [-0.4, -0.2) is 48.7 Å². The van der Waals surface area contributed by atoms with E-state index < -0.39 is 5.97 Å². The second-order valence-corrected chi connectivity index (χ2v) is 5.37. The van der Waals surface area contributed by atoms with Crippen LogP contribution in [0.2, 0.25) is 0 Å². The molecule has 7 nitrogen and oxygen atoms in total. The van der Waals surface area contributed by atoms with Gasteiger partial charge in [0.25, 0.3) is 0 Å². The van der Waals surface area contributed by atoms with Gasteiger partial charge in [-0.2, -0.15) is 0 Å². The van der Waals surface area contributed by atoms with Crippen molar-refractivity contribution in [3.8, 4) is 5.75 Å². The number of anilines is 1. The smallest absolute Gasteiger partial charge is 0.323 e. The number of nitrogens with zero attached hydrogens (tertiary/aromatic N) is 2. The Kier molecular flexibility index (Phi) is 6.76. The minimum absolute atomic E-state index is 0.0408. The normalized spacial score (nSPS) is 10.1. The number of aromatic nitrogens is 1. The fourth-order valence-corrected chi connectivity index (χ4v) is 2.30. The first-order valence-electron chi connectivity index (χ1n) is 7.86. The van der Waals surface area contributed by atoms with E-state index in [1.165, 1.54) is 4.90 Å². The Bertz CT molecular complexity index is 689. The molecular formula is C18H21N3O4. The van der Waals surface area contributed by atoms with E-state index in [-0.39, 0.29) is 19.0 Å². The number of benzene rings is 1. The van der Waals surface area contributed by atoms with Crippen LogP contribution in [0.4, 0.5) is 5.69 Å². The number of carbonyl (C=O) groups is 2. The van der Waals surface area contributed by atoms with Gasteiger partial charge in [0.2, 0.25) is 5.91 Å². The number of ether oxygens (including phenoxy) is 1. The summed E-state index contributed by atoms with van der Waals surface area (Å²) >= 11 is 0. The number of carbonyl (C=O) groups excluding carboxylic acids is 1. The molecule has 2 aromatic rings. The highest BCUT2D eigenvalue weighted by atomic mass is 16.5. The number of carboxylic acid groups (broad SMARTS) is 1. The van der Waals surface area contributed by atoms with Crippen LogP contribution in [0.3, 0.4) is 0 Å². The van der Waals surface area contributed by atoms with E-state index in [0.29, 0.717) is 24.4 Å². The molecule has 0 radical (unpaired) electrons. The fourth-order valence-electron chi connectivity index (χ4n) is 2.30. The molecule has 0 atom stereocenters. The van der Waals surface area contributed by atoms with E-state index in [2.05, 4.69) is 10.3 Å². The van der Waals surface area contributed by atoms with Crippen molar-refractivity contribution in [2.45, 2.75) is 6.42 Å². The van der Waals surface area contributed by atoms with Gasteiger partial charge in [0.15, 0.2) is 0 Å². The van der Waals surface area contributed by atoms with Crippen molar-refractivity contribution in [2.24, 2.45) is 0 Å². The van der Waals surface area contributed by atoms with Crippen LogP contribution in [0.1, 0.15) is 5.69 Å². The molecule has 0 fully saturated rings. The number of hydrogen-bond donors (Lipinski definition) is 2. The van der Waals surface area contributed by atoms with Crippen LogP contribution in [-0.2, 0) is 16.0 Å². The highest BCUT2D eigenvalue weighted by Gasteiger charge is 2.15. The Morgan fingerprint density at radius 1 is 1.16 bits per heavy atom. The molecule has 0 unspecified atom stereocenters. The van der Waals surface area contributed by atoms with Crippen molar-refractivity contribution in [1.82, 2.24) is 10.3 Å². The number of pyridine rings is 1. The Morgan fingerprint density at radius 2 is 1.92 bits per heavy atom. The number of methoxy groups -OCH3 is 1. The average Bonchev–Trinajstić information content (AvgIpc) is 2.62. The van der Waals surface area contributed by atoms with Crippen LogP contribution in [0.5, 0.6) is 5.75 Å². The van der Waals surface area contributed by atoms with Crippen molar-refractivity contribution in [1.29, 1.82) is 0 Å². The topological polar surface area (TPSA) is 91.8 Å². The number of nitrogens with one attached hydrogen (secondary N) is 1. The Morgan fingerprint density at radius 3 is 2.52 bits per heavy atom. The first-order chi connectivity index (χ1) is 12.1. The van der Waals surface area contributed by atoms with Gasteiger partial charge in [-0.15, -0.1) is 0 Å². The summed E-state index contributed by atoms with van der Waals surface area (Å²) in [5.41, 5.74) is 1.53. The van der Waals surface area contributed by atoms with Crippen molar-refractivity contribution in [3.63, 3.8) is 0 Å². The Balaban J connectivity index is 1.91. The largest absolute Gasteiger partial charge is 0.497 e. The molecule has 1 aromatic carbocycles. The van der Waals surface area contributed by atoms with Crippen LogP contribution in [0.25, 0.3) is 0 Å². The average molecular weight is 343 g/mol. The maximum Gasteiger partial charge on any atom is 0.323 e. The summed E-state index contributed by atoms with van der Waals surface area (Å²) in [5, 5.41) is 11.9. The highest BCUT2D eigenvalue weighted by Crippen LogP contribution is 2.18. The molecule has 0 saturated heterocycles. The predicted molar refractivity (Wildman–Crippen MR) is 93.8 cm³/mol. The lowest BCUT2D eigenvalue weighted by Gasteiger charge is -2.22. The third kappa shape index (κ3) is 6.14. The maximum atomic E-state index is 12.1. The van der Waals surface area contributed by atoms with Crippen molar-refractivity contribution >= 4 is 17.6 Å². The van der Waals surface area contributed by atoms with Crippen LogP contribution in [0.15, 0.2) is 48.7 Å². The predicted octanol–water partition coefficient (Wildman–Crippen LogP) is 1.34. The van der Waals surface area contributed by atoms with E-state index in [1.54, 1.807) is 37.6 Å². The van der Waals surface area contributed by atoms with Gasteiger partial charge in [-0.1, -0.05) is 6.07 Å². The van der Waals surface area contributed by atoms with E-state index in [4.69, 9.17) is 9.84 Å². The summed E-state index contributed by atoms with van der Waals surface area (Å²) in [4.78, 5) is 28.9. The molecule has 0 spiro atoms. The molecule has 0 saturated carbocycles. The van der Waals surface area contributed by atoms with Gasteiger partial charge in [0.1, 0.15) is 12.3 Å².